The standard InChI is InChI=1S/C20H15N5S/c1-6-20(14-2-7-21-8-3-14,15-4-9-22-10-5-15)13-17-16(1)18(25-24-17)19-23-11-12-26-19/h1-12H,13H2,(H,24,25). The van der Waals surface area contributed by atoms with Crippen LogP contribution in [0.1, 0.15) is 22.4 Å². The van der Waals surface area contributed by atoms with Crippen LogP contribution >= 0.6 is 11.3 Å². The maximum absolute atomic E-state index is 4.54. The fraction of sp³-hybridized carbons (Fsp3) is 0.100. The Labute approximate surface area is 154 Å². The number of hydrogen-bond donors (Lipinski definition) is 1. The minimum atomic E-state index is -0.272. The van der Waals surface area contributed by atoms with Crippen LogP contribution in [0.2, 0.25) is 0 Å². The third kappa shape index (κ3) is 2.30. The van der Waals surface area contributed by atoms with Gasteiger partial charge in [-0.15, -0.1) is 11.3 Å². The van der Waals surface area contributed by atoms with E-state index in [1.165, 1.54) is 11.1 Å². The summed E-state index contributed by atoms with van der Waals surface area (Å²) in [5.41, 5.74) is 5.29. The van der Waals surface area contributed by atoms with Gasteiger partial charge in [-0.05, 0) is 35.4 Å². The van der Waals surface area contributed by atoms with E-state index in [9.17, 15) is 0 Å². The van der Waals surface area contributed by atoms with Crippen LogP contribution in [0.4, 0.5) is 0 Å². The summed E-state index contributed by atoms with van der Waals surface area (Å²) in [5.74, 6) is 0. The summed E-state index contributed by atoms with van der Waals surface area (Å²) in [6.45, 7) is 0. The number of aromatic amines is 1. The number of nitrogens with one attached hydrogen (secondary N) is 1. The predicted octanol–water partition coefficient (Wildman–Crippen LogP) is 3.88. The van der Waals surface area contributed by atoms with Crippen molar-refractivity contribution in [2.45, 2.75) is 11.8 Å². The molecule has 1 aliphatic rings. The number of rotatable bonds is 3. The van der Waals surface area contributed by atoms with Gasteiger partial charge in [0.25, 0.3) is 0 Å². The largest absolute Gasteiger partial charge is 0.281 e. The zero-order valence-electron chi connectivity index (χ0n) is 13.8. The molecule has 4 aromatic rings. The molecule has 0 bridgehead atoms. The van der Waals surface area contributed by atoms with Crippen molar-refractivity contribution >= 4 is 17.4 Å². The Bertz CT molecular complexity index is 1010. The zero-order chi connectivity index (χ0) is 17.4. The van der Waals surface area contributed by atoms with Crippen molar-refractivity contribution in [3.63, 3.8) is 0 Å². The SMILES string of the molecule is C1=CC(c2ccncc2)(c2ccncc2)Cc2[nH]nc(-c3nccs3)c21. The van der Waals surface area contributed by atoms with E-state index in [1.807, 2.05) is 36.4 Å². The third-order valence-corrected chi connectivity index (χ3v) is 5.68. The number of aromatic nitrogens is 5. The van der Waals surface area contributed by atoms with Gasteiger partial charge in [0, 0.05) is 59.5 Å². The molecule has 5 nitrogen and oxygen atoms in total. The zero-order valence-corrected chi connectivity index (χ0v) is 14.6. The molecule has 4 heterocycles. The molecule has 0 aromatic carbocycles. The molecular formula is C20H15N5S. The molecule has 4 aromatic heterocycles. The lowest BCUT2D eigenvalue weighted by Crippen LogP contribution is -2.30. The summed E-state index contributed by atoms with van der Waals surface area (Å²) >= 11 is 1.60. The molecule has 1 aliphatic carbocycles. The number of thiazole rings is 1. The first-order chi connectivity index (χ1) is 12.9. The lowest BCUT2D eigenvalue weighted by Gasteiger charge is -2.34. The van der Waals surface area contributed by atoms with Crippen LogP contribution in [-0.2, 0) is 11.8 Å². The van der Waals surface area contributed by atoms with Crippen molar-refractivity contribution < 1.29 is 0 Å². The van der Waals surface area contributed by atoms with Crippen molar-refractivity contribution in [1.82, 2.24) is 25.1 Å². The van der Waals surface area contributed by atoms with E-state index in [0.717, 1.165) is 28.4 Å². The fourth-order valence-electron chi connectivity index (χ4n) is 3.63. The Kier molecular flexibility index (Phi) is 3.50. The maximum atomic E-state index is 4.54. The third-order valence-electron chi connectivity index (χ3n) is 4.90. The van der Waals surface area contributed by atoms with E-state index in [-0.39, 0.29) is 5.41 Å². The first kappa shape index (κ1) is 15.2. The van der Waals surface area contributed by atoms with Gasteiger partial charge >= 0.3 is 0 Å². The number of H-pyrrole nitrogens is 1. The van der Waals surface area contributed by atoms with E-state index in [0.29, 0.717) is 0 Å². The predicted molar refractivity (Wildman–Crippen MR) is 102 cm³/mol. The lowest BCUT2D eigenvalue weighted by atomic mass is 9.69. The van der Waals surface area contributed by atoms with Crippen molar-refractivity contribution in [1.29, 1.82) is 0 Å². The summed E-state index contributed by atoms with van der Waals surface area (Å²) in [7, 11) is 0. The molecule has 0 saturated carbocycles. The van der Waals surface area contributed by atoms with Gasteiger partial charge in [-0.25, -0.2) is 4.98 Å². The van der Waals surface area contributed by atoms with Crippen LogP contribution in [0.25, 0.3) is 16.8 Å². The highest BCUT2D eigenvalue weighted by atomic mass is 32.1. The van der Waals surface area contributed by atoms with Gasteiger partial charge in [-0.1, -0.05) is 12.2 Å². The Balaban J connectivity index is 1.67. The molecular weight excluding hydrogens is 342 g/mol. The molecule has 6 heteroatoms. The molecule has 5 rings (SSSR count). The first-order valence-electron chi connectivity index (χ1n) is 8.34. The van der Waals surface area contributed by atoms with Gasteiger partial charge < -0.3 is 0 Å². The average Bonchev–Trinajstić information content (AvgIpc) is 3.38. The van der Waals surface area contributed by atoms with Crippen molar-refractivity contribution in [3.8, 4) is 10.7 Å². The Morgan fingerprint density at radius 3 is 2.23 bits per heavy atom. The Hall–Kier alpha value is -3.12. The van der Waals surface area contributed by atoms with Crippen LogP contribution in [0.5, 0.6) is 0 Å². The van der Waals surface area contributed by atoms with Gasteiger partial charge in [0.05, 0.1) is 0 Å². The van der Waals surface area contributed by atoms with E-state index in [2.05, 4.69) is 61.6 Å². The molecule has 0 saturated heterocycles. The topological polar surface area (TPSA) is 67.3 Å². The van der Waals surface area contributed by atoms with E-state index >= 15 is 0 Å². The highest BCUT2D eigenvalue weighted by Gasteiger charge is 2.36. The smallest absolute Gasteiger partial charge is 0.144 e. The number of nitrogens with zero attached hydrogens (tertiary/aromatic N) is 4. The highest BCUT2D eigenvalue weighted by molar-refractivity contribution is 7.13. The van der Waals surface area contributed by atoms with Gasteiger partial charge in [0.1, 0.15) is 10.7 Å². The lowest BCUT2D eigenvalue weighted by molar-refractivity contribution is 0.619. The summed E-state index contributed by atoms with van der Waals surface area (Å²) in [4.78, 5) is 12.8. The normalized spacial score (nSPS) is 14.9. The van der Waals surface area contributed by atoms with Gasteiger partial charge in [0.2, 0.25) is 0 Å². The molecule has 0 amide bonds. The van der Waals surface area contributed by atoms with E-state index < -0.39 is 0 Å². The molecule has 0 unspecified atom stereocenters. The van der Waals surface area contributed by atoms with Gasteiger partial charge in [-0.2, -0.15) is 5.10 Å². The fourth-order valence-corrected chi connectivity index (χ4v) is 4.27. The Morgan fingerprint density at radius 2 is 1.62 bits per heavy atom. The minimum Gasteiger partial charge on any atom is -0.281 e. The van der Waals surface area contributed by atoms with E-state index in [1.54, 1.807) is 11.3 Å². The second-order valence-electron chi connectivity index (χ2n) is 6.25. The number of pyridine rings is 2. The molecule has 26 heavy (non-hydrogen) atoms. The molecule has 0 radical (unpaired) electrons. The number of allylic oxidation sites excluding steroid dienone is 1. The second-order valence-corrected chi connectivity index (χ2v) is 7.15. The summed E-state index contributed by atoms with van der Waals surface area (Å²) < 4.78 is 0. The highest BCUT2D eigenvalue weighted by Crippen LogP contribution is 2.42. The minimum absolute atomic E-state index is 0.272. The molecule has 0 fully saturated rings. The average molecular weight is 357 g/mol. The molecule has 126 valence electrons. The second kappa shape index (κ2) is 6.00. The Morgan fingerprint density at radius 1 is 0.923 bits per heavy atom. The molecule has 1 N–H and O–H groups in total. The van der Waals surface area contributed by atoms with E-state index in [4.69, 9.17) is 0 Å². The van der Waals surface area contributed by atoms with Gasteiger partial charge in [-0.3, -0.25) is 15.1 Å². The number of fused-ring (bicyclic) bond motifs is 1. The quantitative estimate of drug-likeness (QED) is 0.604. The summed E-state index contributed by atoms with van der Waals surface area (Å²) in [6.07, 6.45) is 14.4. The van der Waals surface area contributed by atoms with Crippen molar-refractivity contribution in [2.75, 3.05) is 0 Å². The monoisotopic (exact) mass is 357 g/mol. The summed E-state index contributed by atoms with van der Waals surface area (Å²) in [6, 6.07) is 8.31. The summed E-state index contributed by atoms with van der Waals surface area (Å²) in [5, 5.41) is 10.7. The number of hydrogen-bond acceptors (Lipinski definition) is 5. The van der Waals surface area contributed by atoms with Crippen LogP contribution in [0.15, 0.2) is 66.7 Å². The molecule has 0 spiro atoms. The van der Waals surface area contributed by atoms with Crippen LogP contribution in [0.3, 0.4) is 0 Å². The maximum Gasteiger partial charge on any atom is 0.144 e. The van der Waals surface area contributed by atoms with Crippen LogP contribution in [0, 0.1) is 0 Å². The first-order valence-corrected chi connectivity index (χ1v) is 9.22. The van der Waals surface area contributed by atoms with Crippen LogP contribution in [-0.4, -0.2) is 25.1 Å². The molecule has 0 atom stereocenters. The molecule has 0 aliphatic heterocycles. The van der Waals surface area contributed by atoms with Crippen molar-refractivity contribution in [2.24, 2.45) is 0 Å². The van der Waals surface area contributed by atoms with Gasteiger partial charge in [0.15, 0.2) is 0 Å². The van der Waals surface area contributed by atoms with Crippen LogP contribution < -0.4 is 0 Å². The van der Waals surface area contributed by atoms with Crippen molar-refractivity contribution in [3.05, 3.63) is 89.1 Å².